The van der Waals surface area contributed by atoms with Crippen molar-refractivity contribution in [1.29, 1.82) is 0 Å². The Morgan fingerprint density at radius 3 is 2.64 bits per heavy atom. The first-order chi connectivity index (χ1) is 6.36. The molecular weight excluding hydrogens is 208 g/mol. The molecule has 1 rings (SSSR count). The van der Waals surface area contributed by atoms with Crippen LogP contribution in [0.1, 0.15) is 13.3 Å². The number of hydrogen-bond acceptors (Lipinski definition) is 4. The molecule has 7 heteroatoms. The average Bonchev–Trinajstić information content (AvgIpc) is 2.45. The zero-order valence-electron chi connectivity index (χ0n) is 7.88. The van der Waals surface area contributed by atoms with Crippen LogP contribution in [0.2, 0.25) is 0 Å². The molecule has 1 saturated heterocycles. The van der Waals surface area contributed by atoms with E-state index >= 15 is 0 Å². The Morgan fingerprint density at radius 1 is 1.71 bits per heavy atom. The number of aliphatic hydroxyl groups is 1. The van der Waals surface area contributed by atoms with Crippen LogP contribution in [0.25, 0.3) is 0 Å². The van der Waals surface area contributed by atoms with Crippen LogP contribution in [-0.2, 0) is 14.8 Å². The molecule has 1 unspecified atom stereocenters. The fourth-order valence-electron chi connectivity index (χ4n) is 1.44. The first kappa shape index (κ1) is 11.4. The van der Waals surface area contributed by atoms with Crippen LogP contribution in [0.4, 0.5) is 0 Å². The first-order valence-electron chi connectivity index (χ1n) is 4.28. The Hall–Kier alpha value is -0.660. The summed E-state index contributed by atoms with van der Waals surface area (Å²) < 4.78 is 21.9. The normalized spacial score (nSPS) is 25.5. The van der Waals surface area contributed by atoms with E-state index in [0.717, 1.165) is 0 Å². The van der Waals surface area contributed by atoms with Gasteiger partial charge in [-0.3, -0.25) is 4.79 Å². The summed E-state index contributed by atoms with van der Waals surface area (Å²) in [6, 6.07) is -0.353. The molecule has 1 aliphatic heterocycles. The van der Waals surface area contributed by atoms with Gasteiger partial charge in [0.25, 0.3) is 0 Å². The summed E-state index contributed by atoms with van der Waals surface area (Å²) in [6.45, 7) is 1.56. The number of amides is 1. The van der Waals surface area contributed by atoms with Crippen molar-refractivity contribution in [1.82, 2.24) is 4.90 Å². The molecule has 3 N–H and O–H groups in total. The Balaban J connectivity index is 2.75. The number of carbonyl (C=O) groups is 1. The molecule has 0 aliphatic carbocycles. The highest BCUT2D eigenvalue weighted by Crippen LogP contribution is 2.18. The summed E-state index contributed by atoms with van der Waals surface area (Å²) in [6.07, 6.45) is -0.0802. The Labute approximate surface area is 82.7 Å². The van der Waals surface area contributed by atoms with Gasteiger partial charge in [0.2, 0.25) is 15.9 Å². The van der Waals surface area contributed by atoms with E-state index < -0.39 is 15.3 Å². The SMILES string of the molecule is C[C@@H](CO)N1CC(S(N)(=O)=O)CC1=O. The van der Waals surface area contributed by atoms with Gasteiger partial charge < -0.3 is 10.0 Å². The lowest BCUT2D eigenvalue weighted by atomic mass is 10.3. The third-order valence-electron chi connectivity index (χ3n) is 2.38. The minimum absolute atomic E-state index is 0.0802. The van der Waals surface area contributed by atoms with E-state index in [2.05, 4.69) is 0 Å². The number of nitrogens with two attached hydrogens (primary N) is 1. The number of carbonyl (C=O) groups excluding carboxylic acids is 1. The van der Waals surface area contributed by atoms with Crippen molar-refractivity contribution in [2.75, 3.05) is 13.2 Å². The molecule has 0 aromatic heterocycles. The van der Waals surface area contributed by atoms with Crippen molar-refractivity contribution in [3.05, 3.63) is 0 Å². The van der Waals surface area contributed by atoms with E-state index in [9.17, 15) is 13.2 Å². The van der Waals surface area contributed by atoms with E-state index in [-0.39, 0.29) is 31.5 Å². The van der Waals surface area contributed by atoms with Crippen molar-refractivity contribution in [3.63, 3.8) is 0 Å². The molecule has 0 aromatic carbocycles. The highest BCUT2D eigenvalue weighted by Gasteiger charge is 2.38. The Morgan fingerprint density at radius 2 is 2.29 bits per heavy atom. The molecular formula is C7H14N2O4S. The smallest absolute Gasteiger partial charge is 0.224 e. The van der Waals surface area contributed by atoms with E-state index in [0.29, 0.717) is 0 Å². The molecule has 0 bridgehead atoms. The summed E-state index contributed by atoms with van der Waals surface area (Å²) >= 11 is 0. The average molecular weight is 222 g/mol. The van der Waals surface area contributed by atoms with Gasteiger partial charge in [0, 0.05) is 13.0 Å². The second-order valence-corrected chi connectivity index (χ2v) is 5.34. The van der Waals surface area contributed by atoms with Crippen molar-refractivity contribution in [3.8, 4) is 0 Å². The summed E-state index contributed by atoms with van der Waals surface area (Å²) in [4.78, 5) is 12.7. The summed E-state index contributed by atoms with van der Waals surface area (Å²) in [7, 11) is -3.65. The number of hydrogen-bond donors (Lipinski definition) is 2. The summed E-state index contributed by atoms with van der Waals surface area (Å²) in [5.41, 5.74) is 0. The van der Waals surface area contributed by atoms with Crippen molar-refractivity contribution >= 4 is 15.9 Å². The topological polar surface area (TPSA) is 101 Å². The van der Waals surface area contributed by atoms with Crippen LogP contribution >= 0.6 is 0 Å². The highest BCUT2D eigenvalue weighted by molar-refractivity contribution is 7.89. The fourth-order valence-corrected chi connectivity index (χ4v) is 2.19. The number of aliphatic hydroxyl groups excluding tert-OH is 1. The van der Waals surface area contributed by atoms with Gasteiger partial charge in [-0.1, -0.05) is 0 Å². The molecule has 1 heterocycles. The molecule has 14 heavy (non-hydrogen) atoms. The lowest BCUT2D eigenvalue weighted by Crippen LogP contribution is -2.38. The maximum atomic E-state index is 11.3. The number of primary sulfonamides is 1. The van der Waals surface area contributed by atoms with Gasteiger partial charge in [-0.05, 0) is 6.92 Å². The van der Waals surface area contributed by atoms with Crippen LogP contribution in [0.3, 0.4) is 0 Å². The molecule has 0 spiro atoms. The van der Waals surface area contributed by atoms with Crippen LogP contribution in [0.5, 0.6) is 0 Å². The summed E-state index contributed by atoms with van der Waals surface area (Å²) in [5, 5.41) is 12.9. The standard InChI is InChI=1S/C7H14N2O4S/c1-5(4-10)9-3-6(2-7(9)11)14(8,12)13/h5-6,10H,2-4H2,1H3,(H2,8,12,13)/t5-,6?/m0/s1. The van der Waals surface area contributed by atoms with Crippen molar-refractivity contribution in [2.24, 2.45) is 5.14 Å². The zero-order chi connectivity index (χ0) is 10.9. The van der Waals surface area contributed by atoms with Gasteiger partial charge >= 0.3 is 0 Å². The largest absolute Gasteiger partial charge is 0.394 e. The number of sulfonamides is 1. The highest BCUT2D eigenvalue weighted by atomic mass is 32.2. The minimum atomic E-state index is -3.65. The minimum Gasteiger partial charge on any atom is -0.394 e. The molecule has 6 nitrogen and oxygen atoms in total. The molecule has 1 fully saturated rings. The van der Waals surface area contributed by atoms with Gasteiger partial charge in [-0.15, -0.1) is 0 Å². The molecule has 2 atom stereocenters. The van der Waals surface area contributed by atoms with E-state index in [1.807, 2.05) is 0 Å². The Kier molecular flexibility index (Phi) is 3.13. The Bertz CT molecular complexity index is 327. The first-order valence-corrected chi connectivity index (χ1v) is 5.89. The number of rotatable bonds is 3. The van der Waals surface area contributed by atoms with E-state index in [1.54, 1.807) is 6.92 Å². The van der Waals surface area contributed by atoms with Gasteiger partial charge in [-0.25, -0.2) is 13.6 Å². The van der Waals surface area contributed by atoms with Gasteiger partial charge in [0.15, 0.2) is 0 Å². The number of nitrogens with zero attached hydrogens (tertiary/aromatic N) is 1. The monoisotopic (exact) mass is 222 g/mol. The van der Waals surface area contributed by atoms with Gasteiger partial charge in [0.1, 0.15) is 5.25 Å². The molecule has 1 aliphatic rings. The van der Waals surface area contributed by atoms with Gasteiger partial charge in [-0.2, -0.15) is 0 Å². The van der Waals surface area contributed by atoms with Crippen LogP contribution in [0, 0.1) is 0 Å². The maximum Gasteiger partial charge on any atom is 0.224 e. The molecule has 1 amide bonds. The number of likely N-dealkylation sites (tertiary alicyclic amines) is 1. The van der Waals surface area contributed by atoms with Gasteiger partial charge in [0.05, 0.1) is 12.6 Å². The van der Waals surface area contributed by atoms with Crippen molar-refractivity contribution in [2.45, 2.75) is 24.6 Å². The fraction of sp³-hybridized carbons (Fsp3) is 0.857. The molecule has 0 aromatic rings. The quantitative estimate of drug-likeness (QED) is 0.591. The van der Waals surface area contributed by atoms with Crippen LogP contribution in [-0.4, -0.2) is 48.8 Å². The van der Waals surface area contributed by atoms with Crippen molar-refractivity contribution < 1.29 is 18.3 Å². The zero-order valence-corrected chi connectivity index (χ0v) is 8.70. The van der Waals surface area contributed by atoms with E-state index in [4.69, 9.17) is 10.2 Å². The van der Waals surface area contributed by atoms with E-state index in [1.165, 1.54) is 4.90 Å². The lowest BCUT2D eigenvalue weighted by Gasteiger charge is -2.22. The molecule has 0 radical (unpaired) electrons. The molecule has 0 saturated carbocycles. The maximum absolute atomic E-state index is 11.3. The molecule has 82 valence electrons. The predicted octanol–water partition coefficient (Wildman–Crippen LogP) is -1.74. The predicted molar refractivity (Wildman–Crippen MR) is 49.8 cm³/mol. The third kappa shape index (κ3) is 2.23. The third-order valence-corrected chi connectivity index (χ3v) is 3.63. The summed E-state index contributed by atoms with van der Waals surface area (Å²) in [5.74, 6) is -0.273. The second kappa shape index (κ2) is 3.84. The lowest BCUT2D eigenvalue weighted by molar-refractivity contribution is -0.130. The van der Waals surface area contributed by atoms with Crippen LogP contribution < -0.4 is 5.14 Å². The second-order valence-electron chi connectivity index (χ2n) is 3.49. The van der Waals surface area contributed by atoms with Crippen LogP contribution in [0.15, 0.2) is 0 Å².